The van der Waals surface area contributed by atoms with Gasteiger partial charge in [0.1, 0.15) is 5.75 Å². The van der Waals surface area contributed by atoms with Gasteiger partial charge in [-0.25, -0.2) is 0 Å². The van der Waals surface area contributed by atoms with Crippen molar-refractivity contribution in [3.8, 4) is 5.75 Å². The average Bonchev–Trinajstić information content (AvgIpc) is 2.28. The summed E-state index contributed by atoms with van der Waals surface area (Å²) in [6.45, 7) is 6.45. The predicted molar refractivity (Wildman–Crippen MR) is 67.1 cm³/mol. The zero-order valence-electron chi connectivity index (χ0n) is 10.2. The summed E-state index contributed by atoms with van der Waals surface area (Å²) in [5, 5.41) is 1.17. The van der Waals surface area contributed by atoms with Gasteiger partial charge < -0.3 is 4.74 Å². The first-order valence-corrected chi connectivity index (χ1v) is 5.57. The standard InChI is InChI=1S/C14H17NO/c1-9(2)14-7-10(3)12-8-11(16-4)5-6-13(12)15-14/h5-9H,1-4H3. The quantitative estimate of drug-likeness (QED) is 0.762. The van der Waals surface area contributed by atoms with Crippen LogP contribution in [-0.4, -0.2) is 12.1 Å². The number of benzene rings is 1. The van der Waals surface area contributed by atoms with Crippen molar-refractivity contribution in [2.45, 2.75) is 26.7 Å². The van der Waals surface area contributed by atoms with E-state index in [2.05, 4.69) is 31.8 Å². The predicted octanol–water partition coefficient (Wildman–Crippen LogP) is 3.68. The highest BCUT2D eigenvalue weighted by atomic mass is 16.5. The lowest BCUT2D eigenvalue weighted by molar-refractivity contribution is 0.415. The summed E-state index contributed by atoms with van der Waals surface area (Å²) in [5.74, 6) is 1.35. The molecular weight excluding hydrogens is 198 g/mol. The molecule has 2 nitrogen and oxygen atoms in total. The van der Waals surface area contributed by atoms with Crippen LogP contribution in [0.4, 0.5) is 0 Å². The van der Waals surface area contributed by atoms with Crippen molar-refractivity contribution in [1.82, 2.24) is 4.98 Å². The highest BCUT2D eigenvalue weighted by Crippen LogP contribution is 2.25. The summed E-state index contributed by atoms with van der Waals surface area (Å²) >= 11 is 0. The second-order valence-corrected chi connectivity index (χ2v) is 4.40. The number of hydrogen-bond acceptors (Lipinski definition) is 2. The van der Waals surface area contributed by atoms with E-state index in [-0.39, 0.29) is 0 Å². The van der Waals surface area contributed by atoms with Gasteiger partial charge in [-0.1, -0.05) is 13.8 Å². The second-order valence-electron chi connectivity index (χ2n) is 4.40. The molecule has 2 heteroatoms. The van der Waals surface area contributed by atoms with Gasteiger partial charge in [0.2, 0.25) is 0 Å². The van der Waals surface area contributed by atoms with E-state index in [4.69, 9.17) is 4.74 Å². The first-order chi connectivity index (χ1) is 7.61. The monoisotopic (exact) mass is 215 g/mol. The van der Waals surface area contributed by atoms with Crippen LogP contribution in [0.2, 0.25) is 0 Å². The minimum atomic E-state index is 0.463. The molecule has 0 aliphatic heterocycles. The second kappa shape index (κ2) is 4.12. The fourth-order valence-electron chi connectivity index (χ4n) is 1.82. The molecule has 0 radical (unpaired) electrons. The van der Waals surface area contributed by atoms with Crippen LogP contribution >= 0.6 is 0 Å². The van der Waals surface area contributed by atoms with E-state index in [1.165, 1.54) is 10.9 Å². The number of nitrogens with zero attached hydrogens (tertiary/aromatic N) is 1. The number of rotatable bonds is 2. The van der Waals surface area contributed by atoms with Crippen LogP contribution in [0, 0.1) is 6.92 Å². The average molecular weight is 215 g/mol. The first kappa shape index (κ1) is 10.9. The van der Waals surface area contributed by atoms with Crippen LogP contribution in [0.1, 0.15) is 31.0 Å². The molecule has 0 aliphatic rings. The molecular formula is C14H17NO. The summed E-state index contributed by atoms with van der Waals surface area (Å²) in [7, 11) is 1.69. The van der Waals surface area contributed by atoms with Crippen LogP contribution in [0.5, 0.6) is 5.75 Å². The van der Waals surface area contributed by atoms with Gasteiger partial charge in [-0.15, -0.1) is 0 Å². The van der Waals surface area contributed by atoms with Gasteiger partial charge in [-0.3, -0.25) is 4.98 Å². The molecule has 16 heavy (non-hydrogen) atoms. The molecule has 1 aromatic heterocycles. The maximum absolute atomic E-state index is 5.23. The van der Waals surface area contributed by atoms with Crippen LogP contribution < -0.4 is 4.74 Å². The molecule has 0 bridgehead atoms. The Balaban J connectivity index is 2.66. The highest BCUT2D eigenvalue weighted by molar-refractivity contribution is 5.83. The van der Waals surface area contributed by atoms with Gasteiger partial charge in [0.25, 0.3) is 0 Å². The summed E-state index contributed by atoms with van der Waals surface area (Å²) in [6, 6.07) is 8.18. The van der Waals surface area contributed by atoms with Gasteiger partial charge in [-0.2, -0.15) is 0 Å². The van der Waals surface area contributed by atoms with Crippen LogP contribution in [0.3, 0.4) is 0 Å². The number of fused-ring (bicyclic) bond motifs is 1. The normalized spacial score (nSPS) is 11.1. The molecule has 0 saturated heterocycles. The zero-order valence-corrected chi connectivity index (χ0v) is 10.2. The Bertz CT molecular complexity index is 517. The van der Waals surface area contributed by atoms with Gasteiger partial charge in [0.15, 0.2) is 0 Å². The van der Waals surface area contributed by atoms with E-state index in [0.717, 1.165) is 17.0 Å². The molecule has 1 aromatic carbocycles. The van der Waals surface area contributed by atoms with E-state index in [1.807, 2.05) is 18.2 Å². The molecule has 2 rings (SSSR count). The lowest BCUT2D eigenvalue weighted by atomic mass is 10.0. The van der Waals surface area contributed by atoms with Crippen molar-refractivity contribution in [3.05, 3.63) is 35.5 Å². The number of aryl methyl sites for hydroxylation is 1. The Kier molecular flexibility index (Phi) is 2.82. The third kappa shape index (κ3) is 1.87. The third-order valence-electron chi connectivity index (χ3n) is 2.83. The van der Waals surface area contributed by atoms with Gasteiger partial charge in [-0.05, 0) is 42.7 Å². The van der Waals surface area contributed by atoms with Crippen molar-refractivity contribution in [1.29, 1.82) is 0 Å². The molecule has 0 saturated carbocycles. The zero-order chi connectivity index (χ0) is 11.7. The number of pyridine rings is 1. The molecule has 1 heterocycles. The molecule has 0 fully saturated rings. The van der Waals surface area contributed by atoms with Crippen molar-refractivity contribution in [3.63, 3.8) is 0 Å². The van der Waals surface area contributed by atoms with Crippen molar-refractivity contribution in [2.75, 3.05) is 7.11 Å². The van der Waals surface area contributed by atoms with E-state index in [0.29, 0.717) is 5.92 Å². The summed E-state index contributed by atoms with van der Waals surface area (Å²) in [4.78, 5) is 4.66. The number of ether oxygens (including phenoxy) is 1. The molecule has 84 valence electrons. The number of aromatic nitrogens is 1. The SMILES string of the molecule is COc1ccc2nc(C(C)C)cc(C)c2c1. The van der Waals surface area contributed by atoms with Crippen molar-refractivity contribution < 1.29 is 4.74 Å². The summed E-state index contributed by atoms with van der Waals surface area (Å²) < 4.78 is 5.23. The van der Waals surface area contributed by atoms with E-state index < -0.39 is 0 Å². The smallest absolute Gasteiger partial charge is 0.119 e. The lowest BCUT2D eigenvalue weighted by Gasteiger charge is -2.10. The molecule has 0 amide bonds. The fraction of sp³-hybridized carbons (Fsp3) is 0.357. The topological polar surface area (TPSA) is 22.1 Å². The molecule has 0 N–H and O–H groups in total. The Hall–Kier alpha value is -1.57. The van der Waals surface area contributed by atoms with Gasteiger partial charge >= 0.3 is 0 Å². The van der Waals surface area contributed by atoms with E-state index >= 15 is 0 Å². The fourth-order valence-corrected chi connectivity index (χ4v) is 1.82. The first-order valence-electron chi connectivity index (χ1n) is 5.57. The largest absolute Gasteiger partial charge is 0.497 e. The number of methoxy groups -OCH3 is 1. The van der Waals surface area contributed by atoms with E-state index in [1.54, 1.807) is 7.11 Å². The van der Waals surface area contributed by atoms with Crippen LogP contribution in [0.25, 0.3) is 10.9 Å². The van der Waals surface area contributed by atoms with Gasteiger partial charge in [0.05, 0.1) is 12.6 Å². The molecule has 0 unspecified atom stereocenters. The molecule has 0 aliphatic carbocycles. The minimum Gasteiger partial charge on any atom is -0.497 e. The maximum atomic E-state index is 5.23. The third-order valence-corrected chi connectivity index (χ3v) is 2.83. The Morgan fingerprint density at radius 2 is 1.94 bits per heavy atom. The molecule has 0 spiro atoms. The van der Waals surface area contributed by atoms with Crippen LogP contribution in [0.15, 0.2) is 24.3 Å². The van der Waals surface area contributed by atoms with Crippen molar-refractivity contribution >= 4 is 10.9 Å². The Labute approximate surface area is 96.3 Å². The summed E-state index contributed by atoms with van der Waals surface area (Å²) in [5.41, 5.74) is 3.45. The van der Waals surface area contributed by atoms with Crippen molar-refractivity contribution in [2.24, 2.45) is 0 Å². The number of hydrogen-bond donors (Lipinski definition) is 0. The minimum absolute atomic E-state index is 0.463. The molecule has 2 aromatic rings. The molecule has 0 atom stereocenters. The maximum Gasteiger partial charge on any atom is 0.119 e. The highest BCUT2D eigenvalue weighted by Gasteiger charge is 2.06. The van der Waals surface area contributed by atoms with Gasteiger partial charge in [0, 0.05) is 11.1 Å². The van der Waals surface area contributed by atoms with Crippen LogP contribution in [-0.2, 0) is 0 Å². The van der Waals surface area contributed by atoms with E-state index in [9.17, 15) is 0 Å². The Morgan fingerprint density at radius 3 is 2.56 bits per heavy atom. The summed E-state index contributed by atoms with van der Waals surface area (Å²) in [6.07, 6.45) is 0. The lowest BCUT2D eigenvalue weighted by Crippen LogP contribution is -1.95. The Morgan fingerprint density at radius 1 is 1.19 bits per heavy atom.